The number of Topliss-reactive ketones (excluding diaryl/α,β-unsaturated/α-hetero) is 1. The Morgan fingerprint density at radius 2 is 1.69 bits per heavy atom. The fourth-order valence-corrected chi connectivity index (χ4v) is 4.02. The summed E-state index contributed by atoms with van der Waals surface area (Å²) in [5, 5.41) is 0. The molecule has 0 unspecified atom stereocenters. The number of fused-ring (bicyclic) bond motifs is 3. The predicted molar refractivity (Wildman–Crippen MR) is 122 cm³/mol. The molecule has 0 amide bonds. The maximum absolute atomic E-state index is 13.3. The predicted octanol–water partition coefficient (Wildman–Crippen LogP) is 2.70. The second-order valence-electron chi connectivity index (χ2n) is 7.94. The van der Waals surface area contributed by atoms with E-state index in [0.29, 0.717) is 5.78 Å². The number of aromatic nitrogens is 5. The second-order valence-corrected chi connectivity index (χ2v) is 7.94. The Balaban J connectivity index is 1.93. The Bertz CT molecular complexity index is 1620. The van der Waals surface area contributed by atoms with Gasteiger partial charge in [-0.15, -0.1) is 0 Å². The van der Waals surface area contributed by atoms with Crippen LogP contribution in [0.25, 0.3) is 33.9 Å². The smallest absolute Gasteiger partial charge is 0.298 e. The van der Waals surface area contributed by atoms with Crippen LogP contribution in [-0.2, 0) is 18.4 Å². The highest BCUT2D eigenvalue weighted by molar-refractivity contribution is 5.80. The molecule has 0 spiro atoms. The van der Waals surface area contributed by atoms with E-state index in [1.54, 1.807) is 11.4 Å². The summed E-state index contributed by atoms with van der Waals surface area (Å²) in [7, 11) is 1.56. The lowest BCUT2D eigenvalue weighted by molar-refractivity contribution is -0.117. The van der Waals surface area contributed by atoms with Gasteiger partial charge in [-0.1, -0.05) is 48.0 Å². The molecule has 0 bridgehead atoms. The summed E-state index contributed by atoms with van der Waals surface area (Å²) in [5.41, 5.74) is 3.25. The van der Waals surface area contributed by atoms with E-state index < -0.39 is 11.2 Å². The minimum absolute atomic E-state index is 0.256. The molecule has 8 nitrogen and oxygen atoms in total. The van der Waals surface area contributed by atoms with Crippen LogP contribution in [0.15, 0.2) is 70.4 Å². The molecule has 160 valence electrons. The highest BCUT2D eigenvalue weighted by Crippen LogP contribution is 2.28. The van der Waals surface area contributed by atoms with E-state index in [1.807, 2.05) is 72.3 Å². The van der Waals surface area contributed by atoms with E-state index >= 15 is 0 Å². The number of carbonyl (C=O) groups excluding carboxylic acids is 1. The number of hydrogen-bond donors (Lipinski definition) is 0. The molecule has 0 aliphatic heterocycles. The van der Waals surface area contributed by atoms with Crippen LogP contribution in [0.3, 0.4) is 0 Å². The summed E-state index contributed by atoms with van der Waals surface area (Å²) in [4.78, 5) is 42.4. The second kappa shape index (κ2) is 7.19. The van der Waals surface area contributed by atoms with Crippen LogP contribution >= 0.6 is 0 Å². The van der Waals surface area contributed by atoms with Crippen LogP contribution in [0.4, 0.5) is 0 Å². The first kappa shape index (κ1) is 19.7. The Morgan fingerprint density at radius 3 is 2.34 bits per heavy atom. The van der Waals surface area contributed by atoms with Crippen LogP contribution in [0.2, 0.25) is 0 Å². The maximum atomic E-state index is 13.3. The highest BCUT2D eigenvalue weighted by atomic mass is 16.2. The maximum Gasteiger partial charge on any atom is 0.332 e. The van der Waals surface area contributed by atoms with Gasteiger partial charge in [0.1, 0.15) is 5.78 Å². The van der Waals surface area contributed by atoms with E-state index in [4.69, 9.17) is 4.98 Å². The molecule has 2 aromatic carbocycles. The van der Waals surface area contributed by atoms with Crippen molar-refractivity contribution in [2.45, 2.75) is 20.4 Å². The molecule has 5 aromatic rings. The normalized spacial score (nSPS) is 11.5. The van der Waals surface area contributed by atoms with Gasteiger partial charge < -0.3 is 0 Å². The molecule has 3 heterocycles. The number of benzene rings is 2. The summed E-state index contributed by atoms with van der Waals surface area (Å²) in [6, 6.07) is 17.8. The third-order valence-electron chi connectivity index (χ3n) is 5.59. The molecule has 0 aliphatic rings. The fourth-order valence-electron chi connectivity index (χ4n) is 4.02. The number of ketones is 1. The lowest BCUT2D eigenvalue weighted by atomic mass is 10.1. The van der Waals surface area contributed by atoms with Crippen molar-refractivity contribution < 1.29 is 4.79 Å². The zero-order valence-electron chi connectivity index (χ0n) is 17.9. The fraction of sp³-hybridized carbons (Fsp3) is 0.167. The molecule has 0 radical (unpaired) electrons. The number of nitrogens with zero attached hydrogens (tertiary/aromatic N) is 5. The third kappa shape index (κ3) is 2.91. The minimum Gasteiger partial charge on any atom is -0.298 e. The Labute approximate surface area is 182 Å². The van der Waals surface area contributed by atoms with Crippen molar-refractivity contribution >= 4 is 22.7 Å². The summed E-state index contributed by atoms with van der Waals surface area (Å²) < 4.78 is 5.95. The van der Waals surface area contributed by atoms with Crippen molar-refractivity contribution in [2.75, 3.05) is 0 Å². The molecule has 0 fully saturated rings. The van der Waals surface area contributed by atoms with Gasteiger partial charge in [-0.25, -0.2) is 4.79 Å². The molecule has 3 aromatic heterocycles. The first-order valence-corrected chi connectivity index (χ1v) is 10.2. The molecular weight excluding hydrogens is 406 g/mol. The van der Waals surface area contributed by atoms with Crippen LogP contribution in [-0.4, -0.2) is 28.9 Å². The number of carbonyl (C=O) groups is 1. The van der Waals surface area contributed by atoms with Gasteiger partial charge in [0.15, 0.2) is 11.2 Å². The van der Waals surface area contributed by atoms with Crippen LogP contribution < -0.4 is 11.2 Å². The van der Waals surface area contributed by atoms with Crippen LogP contribution in [0.1, 0.15) is 12.5 Å². The number of aryl methyl sites for hydroxylation is 2. The molecule has 0 aliphatic carbocycles. The summed E-state index contributed by atoms with van der Waals surface area (Å²) in [5.74, 6) is 0.238. The molecule has 0 atom stereocenters. The standard InChI is InChI=1S/C24H21N5O3/c1-15-9-11-18(12-10-15)29-19(17-7-5-4-6-8-17)14-27-20-21(25-23(27)29)26(3)24(32)28(22(20)31)13-16(2)30/h4-12,14H,13H2,1-3H3. The minimum atomic E-state index is -0.566. The van der Waals surface area contributed by atoms with E-state index in [9.17, 15) is 14.4 Å². The number of rotatable bonds is 4. The topological polar surface area (TPSA) is 83.3 Å². The van der Waals surface area contributed by atoms with Crippen molar-refractivity contribution in [3.8, 4) is 16.9 Å². The largest absolute Gasteiger partial charge is 0.332 e. The summed E-state index contributed by atoms with van der Waals surface area (Å²) >= 11 is 0. The van der Waals surface area contributed by atoms with Crippen molar-refractivity contribution in [3.05, 3.63) is 87.2 Å². The monoisotopic (exact) mass is 427 g/mol. The van der Waals surface area contributed by atoms with Crippen molar-refractivity contribution in [3.63, 3.8) is 0 Å². The quantitative estimate of drug-likeness (QED) is 0.442. The van der Waals surface area contributed by atoms with E-state index in [0.717, 1.165) is 27.1 Å². The highest BCUT2D eigenvalue weighted by Gasteiger charge is 2.22. The van der Waals surface area contributed by atoms with Gasteiger partial charge in [0.25, 0.3) is 5.56 Å². The number of imidazole rings is 2. The summed E-state index contributed by atoms with van der Waals surface area (Å²) in [6.45, 7) is 3.09. The molecule has 5 rings (SSSR count). The first-order chi connectivity index (χ1) is 15.4. The van der Waals surface area contributed by atoms with Crippen LogP contribution in [0.5, 0.6) is 0 Å². The van der Waals surface area contributed by atoms with E-state index in [1.165, 1.54) is 11.5 Å². The lowest BCUT2D eigenvalue weighted by Gasteiger charge is -2.09. The molecule has 32 heavy (non-hydrogen) atoms. The molecule has 0 saturated heterocycles. The van der Waals surface area contributed by atoms with E-state index in [-0.39, 0.29) is 23.5 Å². The average molecular weight is 427 g/mol. The van der Waals surface area contributed by atoms with Gasteiger partial charge in [0.05, 0.1) is 12.2 Å². The Hall–Kier alpha value is -4.20. The zero-order valence-corrected chi connectivity index (χ0v) is 17.9. The van der Waals surface area contributed by atoms with Gasteiger partial charge >= 0.3 is 5.69 Å². The van der Waals surface area contributed by atoms with Gasteiger partial charge in [0.2, 0.25) is 5.78 Å². The van der Waals surface area contributed by atoms with Gasteiger partial charge in [-0.2, -0.15) is 4.98 Å². The van der Waals surface area contributed by atoms with Crippen molar-refractivity contribution in [1.82, 2.24) is 23.1 Å². The van der Waals surface area contributed by atoms with E-state index in [2.05, 4.69) is 0 Å². The molecule has 8 heteroatoms. The van der Waals surface area contributed by atoms with Crippen molar-refractivity contribution in [2.24, 2.45) is 7.05 Å². The molecule has 0 N–H and O–H groups in total. The first-order valence-electron chi connectivity index (χ1n) is 10.2. The van der Waals surface area contributed by atoms with Crippen LogP contribution in [0, 0.1) is 6.92 Å². The van der Waals surface area contributed by atoms with Gasteiger partial charge in [-0.3, -0.25) is 27.7 Å². The van der Waals surface area contributed by atoms with Crippen molar-refractivity contribution in [1.29, 1.82) is 0 Å². The molecule has 0 saturated carbocycles. The zero-order chi connectivity index (χ0) is 22.6. The SMILES string of the molecule is CC(=O)Cn1c(=O)c2c(nc3n(-c4ccc(C)cc4)c(-c4ccccc4)cn23)n(C)c1=O. The Morgan fingerprint density at radius 1 is 1.00 bits per heavy atom. The number of hydrogen-bond acceptors (Lipinski definition) is 4. The van der Waals surface area contributed by atoms with Gasteiger partial charge in [-0.05, 0) is 26.0 Å². The molecular formula is C24H21N5O3. The Kier molecular flexibility index (Phi) is 4.44. The lowest BCUT2D eigenvalue weighted by Crippen LogP contribution is -2.40. The summed E-state index contributed by atoms with van der Waals surface area (Å²) in [6.07, 6.45) is 1.85. The average Bonchev–Trinajstić information content (AvgIpc) is 3.33. The van der Waals surface area contributed by atoms with Gasteiger partial charge in [0, 0.05) is 24.5 Å². The third-order valence-corrected chi connectivity index (χ3v) is 5.59.